The Balaban J connectivity index is 2.06. The SMILES string of the molecule is CCNCCNS(=O)(=O)c1ccc2c3c(cccc13)C(=O)N2C. The molecule has 0 atom stereocenters. The Morgan fingerprint density at radius 2 is 1.91 bits per heavy atom. The quantitative estimate of drug-likeness (QED) is 0.782. The van der Waals surface area contributed by atoms with E-state index >= 15 is 0 Å². The van der Waals surface area contributed by atoms with Gasteiger partial charge in [0.25, 0.3) is 5.91 Å². The molecule has 0 radical (unpaired) electrons. The largest absolute Gasteiger partial charge is 0.316 e. The van der Waals surface area contributed by atoms with E-state index in [1.54, 1.807) is 42.3 Å². The van der Waals surface area contributed by atoms with Gasteiger partial charge in [-0.15, -0.1) is 0 Å². The third-order valence-corrected chi connectivity index (χ3v) is 5.53. The molecule has 0 aliphatic carbocycles. The van der Waals surface area contributed by atoms with Gasteiger partial charge in [0.1, 0.15) is 0 Å². The molecule has 3 rings (SSSR count). The first-order valence-electron chi connectivity index (χ1n) is 7.51. The summed E-state index contributed by atoms with van der Waals surface area (Å²) in [6.07, 6.45) is 0. The summed E-state index contributed by atoms with van der Waals surface area (Å²) in [5.41, 5.74) is 1.29. The molecule has 1 amide bonds. The number of benzene rings is 2. The molecule has 122 valence electrons. The van der Waals surface area contributed by atoms with Crippen LogP contribution in [-0.4, -0.2) is 41.0 Å². The highest BCUT2D eigenvalue weighted by atomic mass is 32.2. The lowest BCUT2D eigenvalue weighted by molar-refractivity contribution is 0.0999. The minimum Gasteiger partial charge on any atom is -0.316 e. The van der Waals surface area contributed by atoms with E-state index in [1.165, 1.54) is 0 Å². The van der Waals surface area contributed by atoms with Crippen LogP contribution in [0.3, 0.4) is 0 Å². The number of amides is 1. The third-order valence-electron chi connectivity index (χ3n) is 4.01. The molecule has 0 bridgehead atoms. The van der Waals surface area contributed by atoms with Crippen molar-refractivity contribution in [1.82, 2.24) is 10.0 Å². The lowest BCUT2D eigenvalue weighted by Gasteiger charge is -2.13. The topological polar surface area (TPSA) is 78.5 Å². The van der Waals surface area contributed by atoms with Gasteiger partial charge in [0.05, 0.1) is 10.6 Å². The van der Waals surface area contributed by atoms with Crippen LogP contribution in [0, 0.1) is 0 Å². The van der Waals surface area contributed by atoms with Crippen molar-refractivity contribution in [2.45, 2.75) is 11.8 Å². The monoisotopic (exact) mass is 333 g/mol. The number of nitrogens with one attached hydrogen (secondary N) is 2. The predicted octanol–water partition coefficient (Wildman–Crippen LogP) is 1.32. The number of hydrogen-bond acceptors (Lipinski definition) is 4. The lowest BCUT2D eigenvalue weighted by Crippen LogP contribution is -2.31. The van der Waals surface area contributed by atoms with E-state index < -0.39 is 10.0 Å². The summed E-state index contributed by atoms with van der Waals surface area (Å²) >= 11 is 0. The highest BCUT2D eigenvalue weighted by Gasteiger charge is 2.29. The van der Waals surface area contributed by atoms with Crippen molar-refractivity contribution in [2.24, 2.45) is 0 Å². The fourth-order valence-corrected chi connectivity index (χ4v) is 4.10. The summed E-state index contributed by atoms with van der Waals surface area (Å²) in [4.78, 5) is 14.0. The highest BCUT2D eigenvalue weighted by Crippen LogP contribution is 2.39. The van der Waals surface area contributed by atoms with Crippen LogP contribution in [0.1, 0.15) is 17.3 Å². The third kappa shape index (κ3) is 2.60. The Kier molecular flexibility index (Phi) is 4.09. The van der Waals surface area contributed by atoms with Gasteiger partial charge >= 0.3 is 0 Å². The summed E-state index contributed by atoms with van der Waals surface area (Å²) in [6, 6.07) is 8.44. The smallest absolute Gasteiger partial charge is 0.258 e. The summed E-state index contributed by atoms with van der Waals surface area (Å²) < 4.78 is 27.8. The van der Waals surface area contributed by atoms with Crippen molar-refractivity contribution in [3.8, 4) is 0 Å². The van der Waals surface area contributed by atoms with E-state index in [0.29, 0.717) is 29.4 Å². The van der Waals surface area contributed by atoms with Crippen LogP contribution in [0.2, 0.25) is 0 Å². The molecule has 2 N–H and O–H groups in total. The van der Waals surface area contributed by atoms with Gasteiger partial charge in [0.15, 0.2) is 0 Å². The second-order valence-electron chi connectivity index (χ2n) is 5.43. The van der Waals surface area contributed by atoms with Gasteiger partial charge in [-0.3, -0.25) is 4.79 Å². The molecule has 0 spiro atoms. The van der Waals surface area contributed by atoms with Crippen molar-refractivity contribution < 1.29 is 13.2 Å². The fraction of sp³-hybridized carbons (Fsp3) is 0.312. The maximum absolute atomic E-state index is 12.6. The number of carbonyl (C=O) groups excluding carboxylic acids is 1. The average Bonchev–Trinajstić information content (AvgIpc) is 2.79. The molecule has 2 aromatic rings. The van der Waals surface area contributed by atoms with E-state index in [1.807, 2.05) is 6.92 Å². The van der Waals surface area contributed by atoms with Crippen molar-refractivity contribution in [3.05, 3.63) is 35.9 Å². The minimum absolute atomic E-state index is 0.111. The normalized spacial score (nSPS) is 14.0. The zero-order chi connectivity index (χ0) is 16.6. The van der Waals surface area contributed by atoms with E-state index in [4.69, 9.17) is 0 Å². The van der Waals surface area contributed by atoms with Gasteiger partial charge in [-0.1, -0.05) is 19.1 Å². The average molecular weight is 333 g/mol. The van der Waals surface area contributed by atoms with Gasteiger partial charge in [-0.05, 0) is 24.7 Å². The molecule has 1 heterocycles. The Hall–Kier alpha value is -1.96. The Morgan fingerprint density at radius 1 is 1.13 bits per heavy atom. The second kappa shape index (κ2) is 5.92. The van der Waals surface area contributed by atoms with E-state index in [-0.39, 0.29) is 10.8 Å². The first-order chi connectivity index (χ1) is 11.0. The number of likely N-dealkylation sites (N-methyl/N-ethyl adjacent to an activating group) is 1. The first-order valence-corrected chi connectivity index (χ1v) is 9.00. The van der Waals surface area contributed by atoms with E-state index in [9.17, 15) is 13.2 Å². The number of anilines is 1. The summed E-state index contributed by atoms with van der Waals surface area (Å²) in [6.45, 7) is 3.64. The van der Waals surface area contributed by atoms with Crippen LogP contribution in [0.25, 0.3) is 10.8 Å². The number of sulfonamides is 1. The molecule has 0 saturated heterocycles. The van der Waals surface area contributed by atoms with Crippen LogP contribution in [0.15, 0.2) is 35.2 Å². The van der Waals surface area contributed by atoms with Crippen molar-refractivity contribution in [1.29, 1.82) is 0 Å². The van der Waals surface area contributed by atoms with Crippen molar-refractivity contribution in [3.63, 3.8) is 0 Å². The van der Waals surface area contributed by atoms with Gasteiger partial charge in [0, 0.05) is 36.5 Å². The summed E-state index contributed by atoms with van der Waals surface area (Å²) in [7, 11) is -1.93. The lowest BCUT2D eigenvalue weighted by atomic mass is 10.1. The molecule has 1 aliphatic rings. The van der Waals surface area contributed by atoms with Crippen molar-refractivity contribution in [2.75, 3.05) is 31.6 Å². The molecular formula is C16H19N3O3S. The Labute approximate surface area is 135 Å². The second-order valence-corrected chi connectivity index (χ2v) is 7.16. The molecule has 7 heteroatoms. The predicted molar refractivity (Wildman–Crippen MR) is 90.4 cm³/mol. The zero-order valence-electron chi connectivity index (χ0n) is 13.1. The highest BCUT2D eigenvalue weighted by molar-refractivity contribution is 7.89. The number of rotatable bonds is 6. The molecule has 0 unspecified atom stereocenters. The number of nitrogens with zero attached hydrogens (tertiary/aromatic N) is 1. The van der Waals surface area contributed by atoms with Crippen LogP contribution in [-0.2, 0) is 10.0 Å². The van der Waals surface area contributed by atoms with E-state index in [2.05, 4.69) is 10.0 Å². The standard InChI is InChI=1S/C16H19N3O3S/c1-3-17-9-10-18-23(21,22)14-8-7-13-15-11(14)5-4-6-12(15)16(20)19(13)2/h4-8,17-18H,3,9-10H2,1-2H3. The zero-order valence-corrected chi connectivity index (χ0v) is 13.9. The van der Waals surface area contributed by atoms with Crippen LogP contribution < -0.4 is 14.9 Å². The molecule has 6 nitrogen and oxygen atoms in total. The summed E-state index contributed by atoms with van der Waals surface area (Å²) in [5, 5.41) is 4.35. The maximum Gasteiger partial charge on any atom is 0.258 e. The first kappa shape index (κ1) is 15.9. The molecule has 0 saturated carbocycles. The van der Waals surface area contributed by atoms with Crippen LogP contribution >= 0.6 is 0 Å². The molecule has 2 aromatic carbocycles. The molecule has 23 heavy (non-hydrogen) atoms. The summed E-state index contributed by atoms with van der Waals surface area (Å²) in [5.74, 6) is -0.111. The minimum atomic E-state index is -3.63. The molecular weight excluding hydrogens is 314 g/mol. The van der Waals surface area contributed by atoms with Crippen molar-refractivity contribution >= 4 is 32.4 Å². The molecule has 0 aromatic heterocycles. The Bertz CT molecular complexity index is 878. The molecule has 1 aliphatic heterocycles. The van der Waals surface area contributed by atoms with Crippen LogP contribution in [0.4, 0.5) is 5.69 Å². The van der Waals surface area contributed by atoms with E-state index in [0.717, 1.165) is 12.2 Å². The molecule has 0 fully saturated rings. The Morgan fingerprint density at radius 3 is 2.65 bits per heavy atom. The van der Waals surface area contributed by atoms with Gasteiger partial charge in [-0.2, -0.15) is 0 Å². The maximum atomic E-state index is 12.6. The number of hydrogen-bond donors (Lipinski definition) is 2. The van der Waals surface area contributed by atoms with Gasteiger partial charge in [-0.25, -0.2) is 13.1 Å². The van der Waals surface area contributed by atoms with Gasteiger partial charge < -0.3 is 10.2 Å². The van der Waals surface area contributed by atoms with Crippen LogP contribution in [0.5, 0.6) is 0 Å². The number of carbonyl (C=O) groups is 1. The van der Waals surface area contributed by atoms with Gasteiger partial charge in [0.2, 0.25) is 10.0 Å². The fourth-order valence-electron chi connectivity index (χ4n) is 2.87.